The lowest BCUT2D eigenvalue weighted by atomic mass is 10.2. The van der Waals surface area contributed by atoms with Crippen molar-refractivity contribution in [2.75, 3.05) is 19.5 Å². The first-order valence-corrected chi connectivity index (χ1v) is 8.85. The number of benzene rings is 2. The summed E-state index contributed by atoms with van der Waals surface area (Å²) in [5, 5.41) is 6.84. The minimum Gasteiger partial charge on any atom is -0.497 e. The molecule has 150 valence electrons. The lowest BCUT2D eigenvalue weighted by Crippen LogP contribution is -2.29. The fraction of sp³-hybridized carbons (Fsp3) is 0.190. The summed E-state index contributed by atoms with van der Waals surface area (Å²) in [7, 11) is 3.03. The summed E-state index contributed by atoms with van der Waals surface area (Å²) in [4.78, 5) is 24.8. The summed E-state index contributed by atoms with van der Waals surface area (Å²) in [5.74, 6) is -0.0718. The summed E-state index contributed by atoms with van der Waals surface area (Å²) in [6, 6.07) is 14.3. The van der Waals surface area contributed by atoms with Gasteiger partial charge in [0.2, 0.25) is 0 Å². The van der Waals surface area contributed by atoms with Crippen LogP contribution in [0.4, 0.5) is 5.69 Å². The van der Waals surface area contributed by atoms with Crippen molar-refractivity contribution < 1.29 is 23.8 Å². The molecule has 1 heterocycles. The third-order valence-electron chi connectivity index (χ3n) is 4.11. The Kier molecular flexibility index (Phi) is 6.13. The van der Waals surface area contributed by atoms with Gasteiger partial charge in [0.1, 0.15) is 11.5 Å². The molecule has 0 spiro atoms. The molecule has 3 aromatic rings. The van der Waals surface area contributed by atoms with E-state index in [1.54, 1.807) is 29.1 Å². The minimum atomic E-state index is -1.01. The van der Waals surface area contributed by atoms with Crippen LogP contribution in [0.5, 0.6) is 11.5 Å². The zero-order valence-corrected chi connectivity index (χ0v) is 16.3. The number of anilines is 1. The van der Waals surface area contributed by atoms with Gasteiger partial charge in [0, 0.05) is 30.1 Å². The number of para-hydroxylation sites is 1. The second-order valence-corrected chi connectivity index (χ2v) is 6.15. The highest BCUT2D eigenvalue weighted by atomic mass is 16.5. The van der Waals surface area contributed by atoms with E-state index in [0.717, 1.165) is 5.69 Å². The first-order valence-electron chi connectivity index (χ1n) is 8.85. The topological polar surface area (TPSA) is 91.7 Å². The number of nitrogens with zero attached hydrogens (tertiary/aromatic N) is 2. The molecule has 0 saturated heterocycles. The summed E-state index contributed by atoms with van der Waals surface area (Å²) in [5.41, 5.74) is 1.52. The van der Waals surface area contributed by atoms with Crippen LogP contribution in [-0.4, -0.2) is 42.0 Å². The van der Waals surface area contributed by atoms with Crippen LogP contribution in [0.2, 0.25) is 0 Å². The summed E-state index contributed by atoms with van der Waals surface area (Å²) < 4.78 is 17.2. The van der Waals surface area contributed by atoms with Crippen LogP contribution in [0.1, 0.15) is 17.3 Å². The Morgan fingerprint density at radius 3 is 2.31 bits per heavy atom. The van der Waals surface area contributed by atoms with E-state index in [1.807, 2.05) is 30.3 Å². The van der Waals surface area contributed by atoms with Gasteiger partial charge < -0.3 is 19.5 Å². The van der Waals surface area contributed by atoms with E-state index < -0.39 is 18.0 Å². The Morgan fingerprint density at radius 2 is 1.69 bits per heavy atom. The lowest BCUT2D eigenvalue weighted by Gasteiger charge is -2.14. The minimum absolute atomic E-state index is 0.247. The number of aromatic nitrogens is 2. The second-order valence-electron chi connectivity index (χ2n) is 6.15. The second kappa shape index (κ2) is 8.92. The quantitative estimate of drug-likeness (QED) is 0.618. The third kappa shape index (κ3) is 4.92. The van der Waals surface area contributed by atoms with Gasteiger partial charge in [-0.25, -0.2) is 9.48 Å². The zero-order valence-electron chi connectivity index (χ0n) is 16.3. The lowest BCUT2D eigenvalue weighted by molar-refractivity contribution is -0.123. The predicted molar refractivity (Wildman–Crippen MR) is 107 cm³/mol. The molecular weight excluding hydrogens is 374 g/mol. The molecule has 0 aliphatic carbocycles. The molecule has 1 amide bonds. The smallest absolute Gasteiger partial charge is 0.342 e. The monoisotopic (exact) mass is 395 g/mol. The zero-order chi connectivity index (χ0) is 20.8. The van der Waals surface area contributed by atoms with E-state index >= 15 is 0 Å². The van der Waals surface area contributed by atoms with Gasteiger partial charge in [0.05, 0.1) is 31.7 Å². The highest BCUT2D eigenvalue weighted by Gasteiger charge is 2.20. The maximum Gasteiger partial charge on any atom is 0.342 e. The van der Waals surface area contributed by atoms with Crippen molar-refractivity contribution in [3.63, 3.8) is 0 Å². The Labute approximate surface area is 168 Å². The third-order valence-corrected chi connectivity index (χ3v) is 4.11. The van der Waals surface area contributed by atoms with Gasteiger partial charge in [-0.2, -0.15) is 5.10 Å². The number of methoxy groups -OCH3 is 2. The molecule has 1 aromatic heterocycles. The number of hydrogen-bond donors (Lipinski definition) is 1. The van der Waals surface area contributed by atoms with Crippen molar-refractivity contribution in [1.82, 2.24) is 9.78 Å². The standard InChI is InChI=1S/C21H21N3O5/c1-14(20(25)23-16-9-18(27-2)11-19(10-16)28-3)29-21(26)15-12-22-24(13-15)17-7-5-4-6-8-17/h4-14H,1-3H3,(H,23,25). The van der Waals surface area contributed by atoms with Gasteiger partial charge in [0.15, 0.2) is 6.10 Å². The van der Waals surface area contributed by atoms with Crippen molar-refractivity contribution in [3.8, 4) is 17.2 Å². The first kappa shape index (κ1) is 19.9. The Bertz CT molecular complexity index is 978. The maximum atomic E-state index is 12.4. The molecule has 3 rings (SSSR count). The van der Waals surface area contributed by atoms with Crippen LogP contribution in [0.3, 0.4) is 0 Å². The van der Waals surface area contributed by atoms with Crippen molar-refractivity contribution in [2.24, 2.45) is 0 Å². The van der Waals surface area contributed by atoms with Crippen LogP contribution in [0, 0.1) is 0 Å². The molecule has 0 aliphatic rings. The molecule has 0 bridgehead atoms. The van der Waals surface area contributed by atoms with Gasteiger partial charge in [-0.15, -0.1) is 0 Å². The number of nitrogens with one attached hydrogen (secondary N) is 1. The van der Waals surface area contributed by atoms with Crippen LogP contribution < -0.4 is 14.8 Å². The molecular formula is C21H21N3O5. The van der Waals surface area contributed by atoms with Crippen molar-refractivity contribution in [3.05, 3.63) is 66.5 Å². The van der Waals surface area contributed by atoms with Gasteiger partial charge in [-0.05, 0) is 19.1 Å². The number of carbonyl (C=O) groups excluding carboxylic acids is 2. The summed E-state index contributed by atoms with van der Waals surface area (Å²) in [6.07, 6.45) is 1.93. The van der Waals surface area contributed by atoms with Crippen molar-refractivity contribution in [2.45, 2.75) is 13.0 Å². The normalized spacial score (nSPS) is 11.4. The number of carbonyl (C=O) groups is 2. The van der Waals surface area contributed by atoms with E-state index in [-0.39, 0.29) is 5.56 Å². The van der Waals surface area contributed by atoms with E-state index in [1.165, 1.54) is 27.3 Å². The average Bonchev–Trinajstić information content (AvgIpc) is 3.24. The molecule has 1 N–H and O–H groups in total. The molecule has 0 fully saturated rings. The molecule has 2 aromatic carbocycles. The van der Waals surface area contributed by atoms with Crippen LogP contribution >= 0.6 is 0 Å². The highest BCUT2D eigenvalue weighted by molar-refractivity contribution is 5.97. The number of hydrogen-bond acceptors (Lipinski definition) is 6. The molecule has 8 nitrogen and oxygen atoms in total. The first-order chi connectivity index (χ1) is 14.0. The summed E-state index contributed by atoms with van der Waals surface area (Å²) in [6.45, 7) is 1.49. The number of ether oxygens (including phenoxy) is 3. The molecule has 1 unspecified atom stereocenters. The molecule has 0 radical (unpaired) electrons. The number of esters is 1. The number of rotatable bonds is 7. The fourth-order valence-corrected chi connectivity index (χ4v) is 2.56. The van der Waals surface area contributed by atoms with Gasteiger partial charge in [-0.1, -0.05) is 18.2 Å². The fourth-order valence-electron chi connectivity index (χ4n) is 2.56. The Balaban J connectivity index is 1.64. The van der Waals surface area contributed by atoms with Gasteiger partial charge in [0.25, 0.3) is 5.91 Å². The SMILES string of the molecule is COc1cc(NC(=O)C(C)OC(=O)c2cnn(-c3ccccc3)c2)cc(OC)c1. The van der Waals surface area contributed by atoms with Crippen molar-refractivity contribution in [1.29, 1.82) is 0 Å². The average molecular weight is 395 g/mol. The molecule has 0 saturated carbocycles. The van der Waals surface area contributed by atoms with E-state index in [0.29, 0.717) is 17.2 Å². The molecule has 8 heteroatoms. The van der Waals surface area contributed by atoms with E-state index in [2.05, 4.69) is 10.4 Å². The molecule has 0 aliphatic heterocycles. The largest absolute Gasteiger partial charge is 0.497 e. The van der Waals surface area contributed by atoms with Crippen LogP contribution in [-0.2, 0) is 9.53 Å². The maximum absolute atomic E-state index is 12.4. The van der Waals surface area contributed by atoms with E-state index in [4.69, 9.17) is 14.2 Å². The van der Waals surface area contributed by atoms with Crippen molar-refractivity contribution >= 4 is 17.6 Å². The van der Waals surface area contributed by atoms with E-state index in [9.17, 15) is 9.59 Å². The predicted octanol–water partition coefficient (Wildman–Crippen LogP) is 3.07. The van der Waals surface area contributed by atoms with Crippen LogP contribution in [0.25, 0.3) is 5.69 Å². The van der Waals surface area contributed by atoms with Gasteiger partial charge in [-0.3, -0.25) is 4.79 Å². The number of amides is 1. The molecule has 1 atom stereocenters. The van der Waals surface area contributed by atoms with Crippen LogP contribution in [0.15, 0.2) is 60.9 Å². The summed E-state index contributed by atoms with van der Waals surface area (Å²) >= 11 is 0. The highest BCUT2D eigenvalue weighted by Crippen LogP contribution is 2.26. The van der Waals surface area contributed by atoms with Gasteiger partial charge >= 0.3 is 5.97 Å². The Hall–Kier alpha value is -3.81. The molecule has 29 heavy (non-hydrogen) atoms. The Morgan fingerprint density at radius 1 is 1.03 bits per heavy atom.